The molecule has 0 aliphatic rings. The molecule has 0 aliphatic carbocycles. The Balaban J connectivity index is 1.99. The van der Waals surface area contributed by atoms with Crippen molar-refractivity contribution < 1.29 is 0 Å². The van der Waals surface area contributed by atoms with Crippen LogP contribution in [-0.4, -0.2) is 31.6 Å². The van der Waals surface area contributed by atoms with Gasteiger partial charge in [-0.3, -0.25) is 4.98 Å². The average Bonchev–Trinajstić information content (AvgIpc) is 2.97. The highest BCUT2D eigenvalue weighted by molar-refractivity contribution is 5.89. The lowest BCUT2D eigenvalue weighted by Gasteiger charge is -2.07. The lowest BCUT2D eigenvalue weighted by molar-refractivity contribution is 0.919. The van der Waals surface area contributed by atoms with Crippen molar-refractivity contribution in [1.82, 2.24) is 24.6 Å². The molecule has 4 heterocycles. The van der Waals surface area contributed by atoms with Gasteiger partial charge in [0.05, 0.1) is 16.7 Å². The monoisotopic (exact) mass is 291 g/mol. The molecule has 4 aromatic heterocycles. The predicted molar refractivity (Wildman–Crippen MR) is 85.5 cm³/mol. The van der Waals surface area contributed by atoms with Gasteiger partial charge in [-0.15, -0.1) is 5.10 Å². The van der Waals surface area contributed by atoms with Gasteiger partial charge in [0.2, 0.25) is 5.95 Å². The Bertz CT molecular complexity index is 990. The van der Waals surface area contributed by atoms with Crippen molar-refractivity contribution in [3.8, 4) is 11.3 Å². The van der Waals surface area contributed by atoms with Gasteiger partial charge in [-0.1, -0.05) is 0 Å². The number of aromatic nitrogens is 5. The van der Waals surface area contributed by atoms with E-state index in [1.165, 1.54) is 0 Å². The third-order valence-electron chi connectivity index (χ3n) is 3.50. The highest BCUT2D eigenvalue weighted by Gasteiger charge is 2.13. The number of hydrogen-bond acceptors (Lipinski definition) is 6. The molecule has 7 nitrogen and oxygen atoms in total. The molecular formula is C15H13N7. The van der Waals surface area contributed by atoms with Crippen LogP contribution in [0.2, 0.25) is 0 Å². The summed E-state index contributed by atoms with van der Waals surface area (Å²) >= 11 is 0. The summed E-state index contributed by atoms with van der Waals surface area (Å²) in [6.45, 7) is 0. The molecule has 0 saturated carbocycles. The maximum absolute atomic E-state index is 5.72. The third-order valence-corrected chi connectivity index (χ3v) is 3.50. The number of rotatable bonds is 2. The molecule has 0 aliphatic heterocycles. The van der Waals surface area contributed by atoms with Crippen molar-refractivity contribution in [2.24, 2.45) is 0 Å². The van der Waals surface area contributed by atoms with Gasteiger partial charge < -0.3 is 11.1 Å². The van der Waals surface area contributed by atoms with Gasteiger partial charge in [-0.2, -0.15) is 4.98 Å². The minimum absolute atomic E-state index is 0.217. The van der Waals surface area contributed by atoms with E-state index in [0.717, 1.165) is 27.8 Å². The van der Waals surface area contributed by atoms with Crippen LogP contribution in [0.15, 0.2) is 42.7 Å². The van der Waals surface area contributed by atoms with Gasteiger partial charge in [0.25, 0.3) is 0 Å². The highest BCUT2D eigenvalue weighted by Crippen LogP contribution is 2.29. The number of nitrogen functional groups attached to an aromatic ring is 1. The summed E-state index contributed by atoms with van der Waals surface area (Å²) in [5, 5.41) is 7.25. The molecule has 0 fully saturated rings. The molecule has 0 unspecified atom stereocenters. The Morgan fingerprint density at radius 2 is 2.00 bits per heavy atom. The minimum atomic E-state index is 0.217. The summed E-state index contributed by atoms with van der Waals surface area (Å²) in [5.41, 5.74) is 10.1. The number of nitrogens with zero attached hydrogens (tertiary/aromatic N) is 5. The smallest absolute Gasteiger partial charge is 0.240 e. The number of anilines is 2. The SMILES string of the molecule is CNc1nc(N)nn2ccc(-c3ccc4ncccc4n3)c12. The number of pyridine rings is 2. The Morgan fingerprint density at radius 1 is 1.09 bits per heavy atom. The van der Waals surface area contributed by atoms with Crippen molar-refractivity contribution >= 4 is 28.3 Å². The first-order chi connectivity index (χ1) is 10.8. The fourth-order valence-corrected chi connectivity index (χ4v) is 2.53. The van der Waals surface area contributed by atoms with Gasteiger partial charge in [0.15, 0.2) is 5.82 Å². The Labute approximate surface area is 125 Å². The standard InChI is InChI=1S/C15H13N7/c1-17-14-13-9(6-8-22(13)21-15(16)20-14)10-4-5-11-12(19-10)3-2-7-18-11/h2-8H,1H3,(H3,16,17,20,21). The van der Waals surface area contributed by atoms with Crippen LogP contribution in [0.25, 0.3) is 27.8 Å². The van der Waals surface area contributed by atoms with E-state index in [1.807, 2.05) is 36.5 Å². The van der Waals surface area contributed by atoms with Crippen molar-refractivity contribution in [1.29, 1.82) is 0 Å². The van der Waals surface area contributed by atoms with Crippen LogP contribution in [0.1, 0.15) is 0 Å². The quantitative estimate of drug-likeness (QED) is 0.586. The van der Waals surface area contributed by atoms with E-state index in [0.29, 0.717) is 5.82 Å². The summed E-state index contributed by atoms with van der Waals surface area (Å²) in [6.07, 6.45) is 3.60. The van der Waals surface area contributed by atoms with Crippen molar-refractivity contribution in [2.45, 2.75) is 0 Å². The lowest BCUT2D eigenvalue weighted by Crippen LogP contribution is -2.05. The third kappa shape index (κ3) is 1.83. The van der Waals surface area contributed by atoms with Crippen molar-refractivity contribution in [2.75, 3.05) is 18.1 Å². The second-order valence-corrected chi connectivity index (χ2v) is 4.83. The summed E-state index contributed by atoms with van der Waals surface area (Å²) < 4.78 is 1.71. The molecule has 3 N–H and O–H groups in total. The Kier molecular flexibility index (Phi) is 2.65. The number of hydrogen-bond donors (Lipinski definition) is 2. The highest BCUT2D eigenvalue weighted by atomic mass is 15.3. The van der Waals surface area contributed by atoms with Crippen LogP contribution in [0, 0.1) is 0 Å². The molecule has 0 aromatic carbocycles. The largest absolute Gasteiger partial charge is 0.371 e. The normalized spacial score (nSPS) is 11.1. The molecular weight excluding hydrogens is 278 g/mol. The molecule has 0 bridgehead atoms. The van der Waals surface area contributed by atoms with Crippen LogP contribution < -0.4 is 11.1 Å². The first-order valence-corrected chi connectivity index (χ1v) is 6.81. The Hall–Kier alpha value is -3.22. The van der Waals surface area contributed by atoms with E-state index in [4.69, 9.17) is 5.73 Å². The van der Waals surface area contributed by atoms with Crippen LogP contribution in [0.4, 0.5) is 11.8 Å². The van der Waals surface area contributed by atoms with Gasteiger partial charge in [0.1, 0.15) is 5.52 Å². The molecule has 0 amide bonds. The van der Waals surface area contributed by atoms with Crippen molar-refractivity contribution in [3.05, 3.63) is 42.7 Å². The lowest BCUT2D eigenvalue weighted by atomic mass is 10.1. The fourth-order valence-electron chi connectivity index (χ4n) is 2.53. The Morgan fingerprint density at radius 3 is 2.86 bits per heavy atom. The van der Waals surface area contributed by atoms with Gasteiger partial charge in [-0.05, 0) is 30.3 Å². The predicted octanol–water partition coefficient (Wildman–Crippen LogP) is 1.96. The van der Waals surface area contributed by atoms with Crippen LogP contribution in [0.5, 0.6) is 0 Å². The van der Waals surface area contributed by atoms with Crippen LogP contribution >= 0.6 is 0 Å². The maximum atomic E-state index is 5.72. The summed E-state index contributed by atoms with van der Waals surface area (Å²) in [7, 11) is 1.80. The molecule has 22 heavy (non-hydrogen) atoms. The van der Waals surface area contributed by atoms with E-state index in [9.17, 15) is 0 Å². The topological polar surface area (TPSA) is 94.0 Å². The molecule has 0 saturated heterocycles. The van der Waals surface area contributed by atoms with E-state index in [1.54, 1.807) is 17.8 Å². The van der Waals surface area contributed by atoms with Gasteiger partial charge >= 0.3 is 0 Å². The molecule has 0 atom stereocenters. The molecule has 7 heteroatoms. The molecule has 108 valence electrons. The van der Waals surface area contributed by atoms with Gasteiger partial charge in [0, 0.05) is 25.0 Å². The van der Waals surface area contributed by atoms with E-state index >= 15 is 0 Å². The minimum Gasteiger partial charge on any atom is -0.371 e. The number of nitrogens with one attached hydrogen (secondary N) is 1. The molecule has 4 rings (SSSR count). The van der Waals surface area contributed by atoms with E-state index in [-0.39, 0.29) is 5.95 Å². The van der Waals surface area contributed by atoms with Crippen LogP contribution in [0.3, 0.4) is 0 Å². The zero-order valence-corrected chi connectivity index (χ0v) is 11.9. The zero-order valence-electron chi connectivity index (χ0n) is 11.9. The fraction of sp³-hybridized carbons (Fsp3) is 0.0667. The zero-order chi connectivity index (χ0) is 15.1. The number of fused-ring (bicyclic) bond motifs is 2. The molecule has 4 aromatic rings. The first kappa shape index (κ1) is 12.5. The molecule has 0 spiro atoms. The maximum Gasteiger partial charge on any atom is 0.240 e. The molecule has 0 radical (unpaired) electrons. The summed E-state index contributed by atoms with van der Waals surface area (Å²) in [5.74, 6) is 0.884. The van der Waals surface area contributed by atoms with E-state index in [2.05, 4.69) is 25.4 Å². The number of nitrogens with two attached hydrogens (primary N) is 1. The van der Waals surface area contributed by atoms with Gasteiger partial charge in [-0.25, -0.2) is 9.50 Å². The second-order valence-electron chi connectivity index (χ2n) is 4.83. The summed E-state index contributed by atoms with van der Waals surface area (Å²) in [6, 6.07) is 9.67. The summed E-state index contributed by atoms with van der Waals surface area (Å²) in [4.78, 5) is 13.2. The first-order valence-electron chi connectivity index (χ1n) is 6.81. The second kappa shape index (κ2) is 4.66. The van der Waals surface area contributed by atoms with E-state index < -0.39 is 0 Å². The average molecular weight is 291 g/mol. The van der Waals surface area contributed by atoms with Crippen LogP contribution in [-0.2, 0) is 0 Å². The van der Waals surface area contributed by atoms with Crippen molar-refractivity contribution in [3.63, 3.8) is 0 Å².